The van der Waals surface area contributed by atoms with Crippen molar-refractivity contribution in [3.63, 3.8) is 0 Å². The van der Waals surface area contributed by atoms with Crippen molar-refractivity contribution in [1.82, 2.24) is 34.5 Å². The number of aromatic amines is 5. The summed E-state index contributed by atoms with van der Waals surface area (Å²) in [4.78, 5) is 52.9. The van der Waals surface area contributed by atoms with E-state index in [-0.39, 0.29) is 43.9 Å². The first kappa shape index (κ1) is 68.3. The highest BCUT2D eigenvalue weighted by atomic mass is 16.4. The highest BCUT2D eigenvalue weighted by Gasteiger charge is 2.22. The van der Waals surface area contributed by atoms with Crippen molar-refractivity contribution >= 4 is 66.1 Å². The lowest BCUT2D eigenvalue weighted by Crippen LogP contribution is -2.12. The highest BCUT2D eigenvalue weighted by Crippen LogP contribution is 2.34. The third kappa shape index (κ3) is 16.8. The van der Waals surface area contributed by atoms with E-state index in [0.29, 0.717) is 17.1 Å². The first-order valence-corrected chi connectivity index (χ1v) is 32.6. The lowest BCUT2D eigenvalue weighted by atomic mass is 9.86. The van der Waals surface area contributed by atoms with Crippen molar-refractivity contribution in [3.8, 4) is 11.5 Å². The quantitative estimate of drug-likeness (QED) is 0.108. The number of oxazole rings is 3. The Morgan fingerprint density at radius 2 is 0.925 bits per heavy atom. The summed E-state index contributed by atoms with van der Waals surface area (Å²) in [5, 5.41) is 2.77. The molecule has 13 heteroatoms. The molecule has 0 amide bonds. The SMILES string of the molecule is CC(C)(C)c1ccc2[nH]c(=O)[nH]c2c1.CC(C)(C)c1ccc2[nH]c(=O)oc2c1.CC(C)(C)c1ccc2c3c([nH]c2c1)CCCC3.CC(C)(C)c1ccc2oc(-c3ccccc3)nc2c1.Cc1cc2cc(C(C)(C)C)ccc2[nH]1.Cn1c(=O)oc2ccc(C(C)(C)C)cc21. The number of imidazole rings is 1. The average Bonchev–Trinajstić information content (AvgIpc) is 1.67. The van der Waals surface area contributed by atoms with Gasteiger partial charge in [-0.2, -0.15) is 0 Å². The Labute approximate surface area is 546 Å². The van der Waals surface area contributed by atoms with Gasteiger partial charge in [-0.15, -0.1) is 0 Å². The van der Waals surface area contributed by atoms with Crippen LogP contribution in [0.5, 0.6) is 0 Å². The van der Waals surface area contributed by atoms with Crippen LogP contribution in [-0.2, 0) is 52.4 Å². The summed E-state index contributed by atoms with van der Waals surface area (Å²) < 4.78 is 17.4. The van der Waals surface area contributed by atoms with Crippen molar-refractivity contribution in [2.24, 2.45) is 7.05 Å². The van der Waals surface area contributed by atoms with Gasteiger partial charge in [-0.25, -0.2) is 19.4 Å². The van der Waals surface area contributed by atoms with Crippen LogP contribution in [0.25, 0.3) is 77.6 Å². The van der Waals surface area contributed by atoms with Crippen LogP contribution in [0.2, 0.25) is 0 Å². The Balaban J connectivity index is 0.000000132. The number of aryl methyl sites for hydroxylation is 4. The molecule has 0 saturated heterocycles. The average molecular weight is 1250 g/mol. The Hall–Kier alpha value is -9.10. The van der Waals surface area contributed by atoms with E-state index in [1.807, 2.05) is 91.0 Å². The summed E-state index contributed by atoms with van der Waals surface area (Å²) in [6.07, 6.45) is 5.17. The predicted octanol–water partition coefficient (Wildman–Crippen LogP) is 19.9. The van der Waals surface area contributed by atoms with E-state index in [1.165, 1.54) is 91.3 Å². The fraction of sp³-hybridized carbons (Fsp3) is 0.375. The van der Waals surface area contributed by atoms with Gasteiger partial charge in [0.15, 0.2) is 16.7 Å². The fourth-order valence-corrected chi connectivity index (χ4v) is 11.2. The molecular weight excluding hydrogens is 1150 g/mol. The molecule has 6 aromatic heterocycles. The molecule has 0 atom stereocenters. The molecule has 5 N–H and O–H groups in total. The van der Waals surface area contributed by atoms with E-state index in [2.05, 4.69) is 216 Å². The first-order chi connectivity index (χ1) is 43.4. The predicted molar refractivity (Wildman–Crippen MR) is 387 cm³/mol. The van der Waals surface area contributed by atoms with Gasteiger partial charge in [-0.05, 0) is 194 Å². The first-order valence-electron chi connectivity index (χ1n) is 32.6. The molecule has 13 nitrogen and oxygen atoms in total. The number of fused-ring (bicyclic) bond motifs is 8. The number of aromatic nitrogens is 7. The lowest BCUT2D eigenvalue weighted by Gasteiger charge is -2.18. The zero-order valence-corrected chi connectivity index (χ0v) is 58.5. The van der Waals surface area contributed by atoms with Gasteiger partial charge in [0.25, 0.3) is 0 Å². The number of benzene rings is 7. The zero-order valence-electron chi connectivity index (χ0n) is 58.5. The maximum absolute atomic E-state index is 11.3. The number of nitrogens with zero attached hydrogens (tertiary/aromatic N) is 2. The normalized spacial score (nSPS) is 12.9. The van der Waals surface area contributed by atoms with Crippen molar-refractivity contribution in [2.75, 3.05) is 0 Å². The molecule has 1 aliphatic rings. The molecule has 488 valence electrons. The molecule has 1 aliphatic carbocycles. The van der Waals surface area contributed by atoms with E-state index < -0.39 is 5.76 Å². The Morgan fingerprint density at radius 1 is 0.419 bits per heavy atom. The van der Waals surface area contributed by atoms with Crippen LogP contribution in [0.1, 0.15) is 188 Å². The van der Waals surface area contributed by atoms with E-state index in [9.17, 15) is 14.4 Å². The van der Waals surface area contributed by atoms with Gasteiger partial charge in [0.05, 0.1) is 22.1 Å². The van der Waals surface area contributed by atoms with Crippen molar-refractivity contribution in [2.45, 2.75) is 190 Å². The topological polar surface area (TPSA) is 187 Å². The van der Waals surface area contributed by atoms with Crippen LogP contribution in [0, 0.1) is 6.92 Å². The van der Waals surface area contributed by atoms with Crippen molar-refractivity contribution in [1.29, 1.82) is 0 Å². The Bertz CT molecular complexity index is 4810. The number of rotatable bonds is 1. The van der Waals surface area contributed by atoms with Crippen molar-refractivity contribution in [3.05, 3.63) is 228 Å². The van der Waals surface area contributed by atoms with Crippen molar-refractivity contribution < 1.29 is 13.3 Å². The van der Waals surface area contributed by atoms with Crippen LogP contribution in [-0.4, -0.2) is 34.5 Å². The number of hydrogen-bond acceptors (Lipinski definition) is 7. The Morgan fingerprint density at radius 3 is 1.55 bits per heavy atom. The third-order valence-corrected chi connectivity index (χ3v) is 17.2. The summed E-state index contributed by atoms with van der Waals surface area (Å²) >= 11 is 0. The highest BCUT2D eigenvalue weighted by molar-refractivity contribution is 5.86. The Kier molecular flexibility index (Phi) is 19.4. The smallest absolute Gasteiger partial charge is 0.419 e. The summed E-state index contributed by atoms with van der Waals surface area (Å²) in [7, 11) is 1.72. The van der Waals surface area contributed by atoms with Gasteiger partial charge in [-0.1, -0.05) is 185 Å². The van der Waals surface area contributed by atoms with Crippen LogP contribution < -0.4 is 17.2 Å². The van der Waals surface area contributed by atoms with E-state index in [4.69, 9.17) is 13.3 Å². The van der Waals surface area contributed by atoms with Gasteiger partial charge >= 0.3 is 17.2 Å². The molecule has 93 heavy (non-hydrogen) atoms. The second-order valence-electron chi connectivity index (χ2n) is 31.0. The monoisotopic (exact) mass is 1250 g/mol. The number of nitrogens with one attached hydrogen (secondary N) is 5. The van der Waals surface area contributed by atoms with E-state index >= 15 is 0 Å². The molecule has 14 rings (SSSR count). The third-order valence-electron chi connectivity index (χ3n) is 17.2. The van der Waals surface area contributed by atoms with Crippen LogP contribution in [0.4, 0.5) is 0 Å². The summed E-state index contributed by atoms with van der Waals surface area (Å²) in [6.45, 7) is 41.5. The molecule has 0 saturated carbocycles. The van der Waals surface area contributed by atoms with E-state index in [0.717, 1.165) is 44.3 Å². The molecule has 0 unspecified atom stereocenters. The summed E-state index contributed by atoms with van der Waals surface area (Å²) in [5.41, 5.74) is 22.6. The summed E-state index contributed by atoms with van der Waals surface area (Å²) in [6, 6.07) is 49.7. The number of H-pyrrole nitrogens is 5. The van der Waals surface area contributed by atoms with Gasteiger partial charge in [0.2, 0.25) is 5.89 Å². The summed E-state index contributed by atoms with van der Waals surface area (Å²) in [5.74, 6) is -0.0243. The maximum atomic E-state index is 11.3. The van der Waals surface area contributed by atoms with Gasteiger partial charge in [-0.3, -0.25) is 9.55 Å². The second-order valence-corrected chi connectivity index (χ2v) is 31.0. The lowest BCUT2D eigenvalue weighted by molar-refractivity contribution is 0.528. The van der Waals surface area contributed by atoms with Crippen LogP contribution >= 0.6 is 0 Å². The number of hydrogen-bond donors (Lipinski definition) is 5. The molecule has 0 fully saturated rings. The molecular formula is C80H97N7O6. The van der Waals surface area contributed by atoms with E-state index in [1.54, 1.807) is 12.6 Å². The van der Waals surface area contributed by atoms with Crippen LogP contribution in [0.15, 0.2) is 173 Å². The molecule has 0 bridgehead atoms. The minimum Gasteiger partial charge on any atom is -0.436 e. The maximum Gasteiger partial charge on any atom is 0.419 e. The minimum atomic E-state index is -0.397. The van der Waals surface area contributed by atoms with Crippen LogP contribution in [0.3, 0.4) is 0 Å². The fourth-order valence-electron chi connectivity index (χ4n) is 11.2. The standard InChI is InChI=1S/C17H17NO.C16H21N.C13H17N.C12H15NO2.C11H14N2O.C11H13NO2/c1-17(2,3)13-9-10-15-14(11-13)18-16(19-15)12-7-5-4-6-8-12;1-16(2,3)11-8-9-13-12-6-4-5-7-14(12)17-15(13)10-11;1-9-7-10-8-11(13(2,3)4)5-6-12(10)14-9;1-12(2,3)8-5-6-10-9(7-8)13(4)11(14)15-10;1-11(2,3)7-4-5-8-9(6-7)13-10(14)12-8;1-11(2,3)7-4-5-8-9(6-7)14-10(13)12-8/h4-11H,1-3H3;8-10,17H,4-7H2,1-3H3;5-8,14H,1-4H3;5-7H,1-4H3;4-6H,1-3H3,(H2,12,13,14);4-6H,1-3H3,(H,12,13). The molecule has 0 aliphatic heterocycles. The van der Waals surface area contributed by atoms with Gasteiger partial charge < -0.3 is 33.2 Å². The molecule has 6 heterocycles. The van der Waals surface area contributed by atoms with Gasteiger partial charge in [0, 0.05) is 40.4 Å². The molecule has 13 aromatic rings. The zero-order chi connectivity index (χ0) is 67.8. The molecule has 7 aromatic carbocycles. The second kappa shape index (κ2) is 26.5. The minimum absolute atomic E-state index is 0.0734. The molecule has 0 spiro atoms. The largest absolute Gasteiger partial charge is 0.436 e. The van der Waals surface area contributed by atoms with Gasteiger partial charge in [0.1, 0.15) is 5.52 Å². The molecule has 0 radical (unpaired) electrons.